The predicted octanol–water partition coefficient (Wildman–Crippen LogP) is 3.73. The van der Waals surface area contributed by atoms with Crippen LogP contribution in [0.1, 0.15) is 36.5 Å². The molecule has 1 N–H and O–H groups in total. The van der Waals surface area contributed by atoms with Gasteiger partial charge in [-0.3, -0.25) is 0 Å². The maximum absolute atomic E-state index is 13.0. The van der Waals surface area contributed by atoms with Gasteiger partial charge in [-0.1, -0.05) is 24.3 Å². The lowest BCUT2D eigenvalue weighted by atomic mass is 10.1. The number of halogens is 1. The van der Waals surface area contributed by atoms with Crippen molar-refractivity contribution < 1.29 is 19.0 Å². The minimum absolute atomic E-state index is 0.112. The zero-order chi connectivity index (χ0) is 19.3. The van der Waals surface area contributed by atoms with Crippen molar-refractivity contribution in [3.63, 3.8) is 0 Å². The summed E-state index contributed by atoms with van der Waals surface area (Å²) in [5.41, 5.74) is 2.64. The van der Waals surface area contributed by atoms with Crippen LogP contribution in [0.3, 0.4) is 0 Å². The highest BCUT2D eigenvalue weighted by Gasteiger charge is 2.25. The molecule has 0 saturated carbocycles. The summed E-state index contributed by atoms with van der Waals surface area (Å²) in [6.45, 7) is 2.76. The van der Waals surface area contributed by atoms with Gasteiger partial charge >= 0.3 is 0 Å². The molecule has 0 amide bonds. The maximum Gasteiger partial charge on any atom is 0.123 e. The molecule has 1 heterocycles. The van der Waals surface area contributed by atoms with E-state index >= 15 is 0 Å². The lowest BCUT2D eigenvalue weighted by Gasteiger charge is -2.33. The Morgan fingerprint density at radius 1 is 1.04 bits per heavy atom. The van der Waals surface area contributed by atoms with Crippen molar-refractivity contribution in [1.82, 2.24) is 4.90 Å². The fourth-order valence-corrected chi connectivity index (χ4v) is 4.18. The third-order valence-corrected chi connectivity index (χ3v) is 5.69. The van der Waals surface area contributed by atoms with E-state index in [0.717, 1.165) is 38.8 Å². The fourth-order valence-electron chi connectivity index (χ4n) is 4.18. The lowest BCUT2D eigenvalue weighted by molar-refractivity contribution is -0.0269. The molecule has 0 unspecified atom stereocenters. The number of aryl methyl sites for hydroxylation is 1. The molecule has 1 aliphatic carbocycles. The number of fused-ring (bicyclic) bond motifs is 1. The summed E-state index contributed by atoms with van der Waals surface area (Å²) in [4.78, 5) is 2.27. The number of likely N-dealkylation sites (tertiary alicyclic amines) is 1. The lowest BCUT2D eigenvalue weighted by Crippen LogP contribution is -2.43. The summed E-state index contributed by atoms with van der Waals surface area (Å²) in [7, 11) is 0. The third-order valence-electron chi connectivity index (χ3n) is 5.69. The molecule has 0 bridgehead atoms. The molecule has 1 aliphatic heterocycles. The van der Waals surface area contributed by atoms with Crippen molar-refractivity contribution in [1.29, 1.82) is 0 Å². The Bertz CT molecular complexity index is 759. The van der Waals surface area contributed by atoms with E-state index in [2.05, 4.69) is 29.2 Å². The Morgan fingerprint density at radius 2 is 1.79 bits per heavy atom. The smallest absolute Gasteiger partial charge is 0.123 e. The van der Waals surface area contributed by atoms with Crippen molar-refractivity contribution in [2.75, 3.05) is 26.2 Å². The quantitative estimate of drug-likeness (QED) is 0.789. The van der Waals surface area contributed by atoms with Crippen LogP contribution < -0.4 is 4.74 Å². The number of piperidine rings is 1. The van der Waals surface area contributed by atoms with Gasteiger partial charge in [-0.25, -0.2) is 4.39 Å². The minimum atomic E-state index is -0.484. The van der Waals surface area contributed by atoms with Gasteiger partial charge in [0.1, 0.15) is 17.7 Å². The van der Waals surface area contributed by atoms with Crippen LogP contribution in [0.15, 0.2) is 48.5 Å². The number of benzene rings is 2. The van der Waals surface area contributed by atoms with Crippen molar-refractivity contribution in [3.05, 3.63) is 65.5 Å². The molecule has 2 aromatic carbocycles. The van der Waals surface area contributed by atoms with Gasteiger partial charge in [0, 0.05) is 19.6 Å². The molecule has 2 aliphatic rings. The topological polar surface area (TPSA) is 41.9 Å². The molecule has 5 heteroatoms. The molecule has 1 saturated heterocycles. The molecule has 4 rings (SSSR count). The number of ether oxygens (including phenoxy) is 2. The standard InChI is InChI=1S/C23H28FNO3/c24-18-6-8-20(9-7-18)28-21-11-13-25(14-12-21)15-19(26)16-27-23-10-5-17-3-1-2-4-22(17)23/h1-4,6-9,19,21,23,26H,5,10-16H2/t19-,23+/m1/s1. The summed E-state index contributed by atoms with van der Waals surface area (Å²) >= 11 is 0. The van der Waals surface area contributed by atoms with Crippen LogP contribution in [-0.4, -0.2) is 48.5 Å². The van der Waals surface area contributed by atoms with Crippen LogP contribution in [0.25, 0.3) is 0 Å². The van der Waals surface area contributed by atoms with Gasteiger partial charge in [0.2, 0.25) is 0 Å². The van der Waals surface area contributed by atoms with Crippen LogP contribution in [0.2, 0.25) is 0 Å². The number of hydrogen-bond donors (Lipinski definition) is 1. The molecular formula is C23H28FNO3. The first-order valence-corrected chi connectivity index (χ1v) is 10.2. The number of β-amino-alcohol motifs (C(OH)–C–C–N with tert-alkyl or cyclic N) is 1. The average Bonchev–Trinajstić information content (AvgIpc) is 3.13. The van der Waals surface area contributed by atoms with Gasteiger partial charge in [0.25, 0.3) is 0 Å². The first kappa shape index (κ1) is 19.4. The van der Waals surface area contributed by atoms with Gasteiger partial charge in [0.15, 0.2) is 0 Å². The molecule has 0 spiro atoms. The van der Waals surface area contributed by atoms with Gasteiger partial charge in [-0.15, -0.1) is 0 Å². The van der Waals surface area contributed by atoms with Crippen molar-refractivity contribution >= 4 is 0 Å². The second-order valence-electron chi connectivity index (χ2n) is 7.79. The molecule has 0 aromatic heterocycles. The van der Waals surface area contributed by atoms with E-state index in [9.17, 15) is 9.50 Å². The van der Waals surface area contributed by atoms with Crippen LogP contribution in [0.5, 0.6) is 5.75 Å². The normalized spacial score (nSPS) is 21.4. The van der Waals surface area contributed by atoms with Crippen molar-refractivity contribution in [3.8, 4) is 5.75 Å². The van der Waals surface area contributed by atoms with Gasteiger partial charge < -0.3 is 19.5 Å². The Hall–Kier alpha value is -1.95. The number of aliphatic hydroxyl groups is 1. The zero-order valence-corrected chi connectivity index (χ0v) is 16.1. The number of nitrogens with zero attached hydrogens (tertiary/aromatic N) is 1. The Kier molecular flexibility index (Phi) is 6.25. The minimum Gasteiger partial charge on any atom is -0.490 e. The molecule has 2 atom stereocenters. The molecule has 0 radical (unpaired) electrons. The Labute approximate surface area is 165 Å². The van der Waals surface area contributed by atoms with E-state index in [4.69, 9.17) is 9.47 Å². The molecule has 2 aromatic rings. The first-order chi connectivity index (χ1) is 13.7. The molecule has 1 fully saturated rings. The molecule has 4 nitrogen and oxygen atoms in total. The highest BCUT2D eigenvalue weighted by atomic mass is 19.1. The first-order valence-electron chi connectivity index (χ1n) is 10.2. The van der Waals surface area contributed by atoms with Crippen LogP contribution in [-0.2, 0) is 11.2 Å². The highest BCUT2D eigenvalue weighted by molar-refractivity contribution is 5.33. The average molecular weight is 385 g/mol. The predicted molar refractivity (Wildman–Crippen MR) is 106 cm³/mol. The number of rotatable bonds is 7. The SMILES string of the molecule is O[C@@H](CO[C@H]1CCc2ccccc21)CN1CCC(Oc2ccc(F)cc2)CC1. The van der Waals surface area contributed by atoms with Gasteiger partial charge in [0.05, 0.1) is 18.8 Å². The van der Waals surface area contributed by atoms with Gasteiger partial charge in [-0.05, 0) is 61.1 Å². The van der Waals surface area contributed by atoms with Crippen LogP contribution in [0.4, 0.5) is 4.39 Å². The molecule has 150 valence electrons. The molecular weight excluding hydrogens is 357 g/mol. The third kappa shape index (κ3) is 4.90. The number of hydrogen-bond acceptors (Lipinski definition) is 4. The summed E-state index contributed by atoms with van der Waals surface area (Å²) < 4.78 is 24.9. The largest absolute Gasteiger partial charge is 0.490 e. The second-order valence-corrected chi connectivity index (χ2v) is 7.79. The monoisotopic (exact) mass is 385 g/mol. The fraction of sp³-hybridized carbons (Fsp3) is 0.478. The van der Waals surface area contributed by atoms with E-state index < -0.39 is 6.10 Å². The van der Waals surface area contributed by atoms with Crippen LogP contribution in [0, 0.1) is 5.82 Å². The summed E-state index contributed by atoms with van der Waals surface area (Å²) in [5.74, 6) is 0.463. The Morgan fingerprint density at radius 3 is 2.57 bits per heavy atom. The molecule has 28 heavy (non-hydrogen) atoms. The van der Waals surface area contributed by atoms with E-state index in [1.165, 1.54) is 23.3 Å². The zero-order valence-electron chi connectivity index (χ0n) is 16.1. The van der Waals surface area contributed by atoms with E-state index in [0.29, 0.717) is 18.9 Å². The van der Waals surface area contributed by atoms with Gasteiger partial charge in [-0.2, -0.15) is 0 Å². The summed E-state index contributed by atoms with van der Waals surface area (Å²) in [6.07, 6.45) is 3.63. The van der Waals surface area contributed by atoms with Crippen LogP contribution >= 0.6 is 0 Å². The van der Waals surface area contributed by atoms with E-state index in [-0.39, 0.29) is 18.0 Å². The van der Waals surface area contributed by atoms with E-state index in [1.807, 2.05) is 0 Å². The maximum atomic E-state index is 13.0. The van der Waals surface area contributed by atoms with Crippen molar-refractivity contribution in [2.45, 2.75) is 44.0 Å². The second kappa shape index (κ2) is 9.03. The Balaban J connectivity index is 1.17. The highest BCUT2D eigenvalue weighted by Crippen LogP contribution is 2.33. The number of aliphatic hydroxyl groups excluding tert-OH is 1. The van der Waals surface area contributed by atoms with E-state index in [1.54, 1.807) is 12.1 Å². The summed E-state index contributed by atoms with van der Waals surface area (Å²) in [6, 6.07) is 14.6. The van der Waals surface area contributed by atoms with Crippen molar-refractivity contribution in [2.24, 2.45) is 0 Å². The summed E-state index contributed by atoms with van der Waals surface area (Å²) in [5, 5.41) is 10.4.